The molecule has 1 aromatic carbocycles. The number of hydrogen-bond donors (Lipinski definition) is 2. The van der Waals surface area contributed by atoms with Gasteiger partial charge in [-0.3, -0.25) is 0 Å². The highest BCUT2D eigenvalue weighted by molar-refractivity contribution is 7.80. The van der Waals surface area contributed by atoms with Gasteiger partial charge >= 0.3 is 0 Å². The van der Waals surface area contributed by atoms with Crippen LogP contribution in [0.1, 0.15) is 0 Å². The van der Waals surface area contributed by atoms with Crippen molar-refractivity contribution in [3.8, 4) is 0 Å². The molecule has 0 radical (unpaired) electrons. The van der Waals surface area contributed by atoms with E-state index in [1.807, 2.05) is 32.3 Å². The van der Waals surface area contributed by atoms with E-state index in [4.69, 9.17) is 11.6 Å². The zero-order chi connectivity index (χ0) is 10.6. The summed E-state index contributed by atoms with van der Waals surface area (Å²) in [5, 5.41) is 4.01. The highest BCUT2D eigenvalue weighted by atomic mass is 35.5. The van der Waals surface area contributed by atoms with Crippen molar-refractivity contribution in [2.24, 2.45) is 0 Å². The number of hydrogen-bond acceptors (Lipinski definition) is 3. The molecule has 0 saturated carbocycles. The predicted octanol–water partition coefficient (Wildman–Crippen LogP) is 2.60. The van der Waals surface area contributed by atoms with Crippen LogP contribution in [0.15, 0.2) is 23.1 Å². The number of halogens is 1. The molecular formula is C10H15ClN2S. The topological polar surface area (TPSA) is 15.3 Å². The summed E-state index contributed by atoms with van der Waals surface area (Å²) in [5.74, 6) is 0. The molecular weight excluding hydrogens is 216 g/mol. The first-order valence-electron chi connectivity index (χ1n) is 4.46. The van der Waals surface area contributed by atoms with Crippen LogP contribution in [0.25, 0.3) is 0 Å². The van der Waals surface area contributed by atoms with Gasteiger partial charge in [-0.15, -0.1) is 12.6 Å². The molecule has 0 saturated heterocycles. The Morgan fingerprint density at radius 1 is 1.43 bits per heavy atom. The summed E-state index contributed by atoms with van der Waals surface area (Å²) in [5.41, 5.74) is 0.989. The number of nitrogens with zero attached hydrogens (tertiary/aromatic N) is 1. The van der Waals surface area contributed by atoms with Crippen molar-refractivity contribution in [2.45, 2.75) is 4.90 Å². The maximum atomic E-state index is 5.87. The van der Waals surface area contributed by atoms with Crippen molar-refractivity contribution >= 4 is 29.9 Å². The van der Waals surface area contributed by atoms with Gasteiger partial charge in [-0.25, -0.2) is 0 Å². The minimum Gasteiger partial charge on any atom is -0.383 e. The van der Waals surface area contributed by atoms with Gasteiger partial charge in [0.25, 0.3) is 0 Å². The van der Waals surface area contributed by atoms with E-state index in [-0.39, 0.29) is 0 Å². The summed E-state index contributed by atoms with van der Waals surface area (Å²) < 4.78 is 0. The molecule has 4 heteroatoms. The van der Waals surface area contributed by atoms with Crippen LogP contribution in [0.4, 0.5) is 5.69 Å². The molecule has 0 aliphatic carbocycles. The lowest BCUT2D eigenvalue weighted by Gasteiger charge is -2.12. The number of nitrogens with one attached hydrogen (secondary N) is 1. The van der Waals surface area contributed by atoms with E-state index in [1.165, 1.54) is 0 Å². The number of benzene rings is 1. The van der Waals surface area contributed by atoms with Gasteiger partial charge < -0.3 is 10.2 Å². The van der Waals surface area contributed by atoms with Crippen LogP contribution in [0.3, 0.4) is 0 Å². The third-order valence-corrected chi connectivity index (χ3v) is 2.46. The molecule has 1 aromatic rings. The van der Waals surface area contributed by atoms with E-state index in [2.05, 4.69) is 22.8 Å². The van der Waals surface area contributed by atoms with E-state index in [0.29, 0.717) is 0 Å². The lowest BCUT2D eigenvalue weighted by molar-refractivity contribution is 0.425. The Kier molecular flexibility index (Phi) is 4.58. The normalized spacial score (nSPS) is 10.6. The Bertz CT molecular complexity index is 302. The van der Waals surface area contributed by atoms with Gasteiger partial charge in [0, 0.05) is 28.7 Å². The van der Waals surface area contributed by atoms with Crippen molar-refractivity contribution in [3.05, 3.63) is 23.2 Å². The van der Waals surface area contributed by atoms with E-state index < -0.39 is 0 Å². The smallest absolute Gasteiger partial charge is 0.0491 e. The standard InChI is InChI=1S/C10H15ClN2S/c1-13(2)6-5-12-9-7-8(11)3-4-10(9)14/h3-4,7,12,14H,5-6H2,1-2H3. The van der Waals surface area contributed by atoms with Gasteiger partial charge in [-0.2, -0.15) is 0 Å². The van der Waals surface area contributed by atoms with E-state index in [1.54, 1.807) is 0 Å². The van der Waals surface area contributed by atoms with Crippen LogP contribution in [0.5, 0.6) is 0 Å². The molecule has 78 valence electrons. The van der Waals surface area contributed by atoms with Crippen LogP contribution >= 0.6 is 24.2 Å². The van der Waals surface area contributed by atoms with Gasteiger partial charge in [0.1, 0.15) is 0 Å². The summed E-state index contributed by atoms with van der Waals surface area (Å²) in [6.07, 6.45) is 0. The van der Waals surface area contributed by atoms with Gasteiger partial charge in [0.05, 0.1) is 0 Å². The molecule has 0 heterocycles. The van der Waals surface area contributed by atoms with Crippen molar-refractivity contribution in [1.82, 2.24) is 4.90 Å². The van der Waals surface area contributed by atoms with Gasteiger partial charge in [0.15, 0.2) is 0 Å². The van der Waals surface area contributed by atoms with Gasteiger partial charge in [0.2, 0.25) is 0 Å². The van der Waals surface area contributed by atoms with E-state index >= 15 is 0 Å². The molecule has 2 nitrogen and oxygen atoms in total. The maximum absolute atomic E-state index is 5.87. The molecule has 0 fully saturated rings. The van der Waals surface area contributed by atoms with Crippen molar-refractivity contribution in [2.75, 3.05) is 32.5 Å². The second kappa shape index (κ2) is 5.49. The molecule has 0 unspecified atom stereocenters. The zero-order valence-corrected chi connectivity index (χ0v) is 10.1. The molecule has 0 amide bonds. The summed E-state index contributed by atoms with van der Waals surface area (Å²) in [7, 11) is 4.09. The van der Waals surface area contributed by atoms with Crippen LogP contribution in [0.2, 0.25) is 5.02 Å². The molecule has 1 rings (SSSR count). The van der Waals surface area contributed by atoms with Crippen LogP contribution in [-0.2, 0) is 0 Å². The predicted molar refractivity (Wildman–Crippen MR) is 65.7 cm³/mol. The fraction of sp³-hybridized carbons (Fsp3) is 0.400. The number of rotatable bonds is 4. The largest absolute Gasteiger partial charge is 0.383 e. The monoisotopic (exact) mass is 230 g/mol. The zero-order valence-electron chi connectivity index (χ0n) is 8.42. The molecule has 0 spiro atoms. The van der Waals surface area contributed by atoms with Crippen molar-refractivity contribution < 1.29 is 0 Å². The summed E-state index contributed by atoms with van der Waals surface area (Å²) in [6, 6.07) is 5.62. The van der Waals surface area contributed by atoms with Crippen LogP contribution < -0.4 is 5.32 Å². The summed E-state index contributed by atoms with van der Waals surface area (Å²) in [6.45, 7) is 1.88. The number of thiol groups is 1. The quantitative estimate of drug-likeness (QED) is 0.774. The van der Waals surface area contributed by atoms with Gasteiger partial charge in [-0.05, 0) is 32.3 Å². The Labute approximate surface area is 95.7 Å². The highest BCUT2D eigenvalue weighted by Gasteiger charge is 1.99. The fourth-order valence-corrected chi connectivity index (χ4v) is 1.45. The SMILES string of the molecule is CN(C)CCNc1cc(Cl)ccc1S. The minimum absolute atomic E-state index is 0.732. The van der Waals surface area contributed by atoms with Crippen molar-refractivity contribution in [1.29, 1.82) is 0 Å². The van der Waals surface area contributed by atoms with Crippen LogP contribution in [-0.4, -0.2) is 32.1 Å². The Morgan fingerprint density at radius 3 is 2.79 bits per heavy atom. The van der Waals surface area contributed by atoms with Crippen molar-refractivity contribution in [3.63, 3.8) is 0 Å². The summed E-state index contributed by atoms with van der Waals surface area (Å²) >= 11 is 10.2. The molecule has 0 atom stereocenters. The summed E-state index contributed by atoms with van der Waals surface area (Å²) in [4.78, 5) is 3.04. The average Bonchev–Trinajstić information content (AvgIpc) is 2.10. The molecule has 0 aliphatic rings. The van der Waals surface area contributed by atoms with E-state index in [9.17, 15) is 0 Å². The Hall–Kier alpha value is -0.380. The molecule has 0 aromatic heterocycles. The Morgan fingerprint density at radius 2 is 2.14 bits per heavy atom. The first kappa shape index (κ1) is 11.7. The van der Waals surface area contributed by atoms with E-state index in [0.717, 1.165) is 28.7 Å². The number of anilines is 1. The first-order valence-corrected chi connectivity index (χ1v) is 5.29. The molecule has 14 heavy (non-hydrogen) atoms. The lowest BCUT2D eigenvalue weighted by Crippen LogP contribution is -2.20. The highest BCUT2D eigenvalue weighted by Crippen LogP contribution is 2.23. The third kappa shape index (κ3) is 3.78. The van der Waals surface area contributed by atoms with Crippen LogP contribution in [0, 0.1) is 0 Å². The maximum Gasteiger partial charge on any atom is 0.0491 e. The average molecular weight is 231 g/mol. The number of likely N-dealkylation sites (N-methyl/N-ethyl adjacent to an activating group) is 1. The lowest BCUT2D eigenvalue weighted by atomic mass is 10.3. The molecule has 0 aliphatic heterocycles. The minimum atomic E-state index is 0.732. The fourth-order valence-electron chi connectivity index (χ4n) is 1.06. The first-order chi connectivity index (χ1) is 6.59. The molecule has 1 N–H and O–H groups in total. The second-order valence-electron chi connectivity index (χ2n) is 3.39. The van der Waals surface area contributed by atoms with Gasteiger partial charge in [-0.1, -0.05) is 11.6 Å². The second-order valence-corrected chi connectivity index (χ2v) is 4.31. The molecule has 0 bridgehead atoms. The third-order valence-electron chi connectivity index (χ3n) is 1.83. The Balaban J connectivity index is 2.53.